The van der Waals surface area contributed by atoms with Gasteiger partial charge in [0.2, 0.25) is 0 Å². The van der Waals surface area contributed by atoms with Crippen LogP contribution in [0.2, 0.25) is 5.02 Å². The second-order valence-corrected chi connectivity index (χ2v) is 3.55. The van der Waals surface area contributed by atoms with Gasteiger partial charge in [0.15, 0.2) is 0 Å². The molecule has 2 nitrogen and oxygen atoms in total. The SMILES string of the molecule is NCCCCc1cc(Cl)c(O)cc1F. The van der Waals surface area contributed by atoms with E-state index in [1.807, 2.05) is 0 Å². The highest BCUT2D eigenvalue weighted by atomic mass is 35.5. The van der Waals surface area contributed by atoms with Crippen LogP contribution in [0.5, 0.6) is 5.75 Å². The lowest BCUT2D eigenvalue weighted by Crippen LogP contribution is -2.00. The number of phenolic OH excluding ortho intramolecular Hbond substituents is 1. The Hall–Kier alpha value is -0.800. The summed E-state index contributed by atoms with van der Waals surface area (Å²) in [7, 11) is 0. The zero-order chi connectivity index (χ0) is 10.6. The van der Waals surface area contributed by atoms with Crippen molar-refractivity contribution in [3.8, 4) is 5.75 Å². The highest BCUT2D eigenvalue weighted by molar-refractivity contribution is 6.32. The van der Waals surface area contributed by atoms with E-state index in [2.05, 4.69) is 0 Å². The van der Waals surface area contributed by atoms with Crippen LogP contribution in [0.25, 0.3) is 0 Å². The second-order valence-electron chi connectivity index (χ2n) is 3.14. The lowest BCUT2D eigenvalue weighted by molar-refractivity contribution is 0.468. The Morgan fingerprint density at radius 2 is 2.07 bits per heavy atom. The fourth-order valence-corrected chi connectivity index (χ4v) is 1.42. The van der Waals surface area contributed by atoms with E-state index >= 15 is 0 Å². The number of hydrogen-bond donors (Lipinski definition) is 2. The molecule has 0 saturated carbocycles. The van der Waals surface area contributed by atoms with Crippen LogP contribution in [-0.2, 0) is 6.42 Å². The minimum absolute atomic E-state index is 0.189. The highest BCUT2D eigenvalue weighted by Gasteiger charge is 2.07. The van der Waals surface area contributed by atoms with Gasteiger partial charge in [-0.2, -0.15) is 0 Å². The molecule has 0 spiro atoms. The molecule has 0 saturated heterocycles. The monoisotopic (exact) mass is 217 g/mol. The Labute approximate surface area is 87.5 Å². The molecule has 0 fully saturated rings. The van der Waals surface area contributed by atoms with Crippen molar-refractivity contribution in [1.82, 2.24) is 0 Å². The molecule has 14 heavy (non-hydrogen) atoms. The third-order valence-corrected chi connectivity index (χ3v) is 2.32. The van der Waals surface area contributed by atoms with Crippen LogP contribution in [0.15, 0.2) is 12.1 Å². The maximum absolute atomic E-state index is 13.2. The van der Waals surface area contributed by atoms with Gasteiger partial charge < -0.3 is 10.8 Å². The van der Waals surface area contributed by atoms with Gasteiger partial charge in [-0.1, -0.05) is 11.6 Å². The molecule has 0 aliphatic rings. The predicted octanol–water partition coefficient (Wildman–Crippen LogP) is 2.47. The van der Waals surface area contributed by atoms with Crippen molar-refractivity contribution in [2.75, 3.05) is 6.54 Å². The summed E-state index contributed by atoms with van der Waals surface area (Å²) >= 11 is 5.66. The second kappa shape index (κ2) is 5.17. The molecule has 0 aromatic heterocycles. The number of halogens is 2. The lowest BCUT2D eigenvalue weighted by Gasteiger charge is -2.04. The molecule has 1 aromatic carbocycles. The van der Waals surface area contributed by atoms with Gasteiger partial charge in [0, 0.05) is 6.07 Å². The average molecular weight is 218 g/mol. The first-order valence-corrected chi connectivity index (χ1v) is 4.90. The van der Waals surface area contributed by atoms with Gasteiger partial charge in [-0.15, -0.1) is 0 Å². The maximum atomic E-state index is 13.2. The largest absolute Gasteiger partial charge is 0.506 e. The third-order valence-electron chi connectivity index (χ3n) is 2.02. The number of benzene rings is 1. The van der Waals surface area contributed by atoms with Gasteiger partial charge >= 0.3 is 0 Å². The number of nitrogens with two attached hydrogens (primary N) is 1. The highest BCUT2D eigenvalue weighted by Crippen LogP contribution is 2.26. The number of rotatable bonds is 4. The van der Waals surface area contributed by atoms with Crippen LogP contribution >= 0.6 is 11.6 Å². The molecule has 4 heteroatoms. The molecule has 0 aliphatic carbocycles. The molecule has 3 N–H and O–H groups in total. The zero-order valence-corrected chi connectivity index (χ0v) is 8.52. The summed E-state index contributed by atoms with van der Waals surface area (Å²) < 4.78 is 13.2. The van der Waals surface area contributed by atoms with Crippen molar-refractivity contribution in [3.05, 3.63) is 28.5 Å². The molecule has 0 unspecified atom stereocenters. The topological polar surface area (TPSA) is 46.2 Å². The number of aromatic hydroxyl groups is 1. The Morgan fingerprint density at radius 1 is 1.36 bits per heavy atom. The van der Waals surface area contributed by atoms with E-state index in [4.69, 9.17) is 22.4 Å². The van der Waals surface area contributed by atoms with E-state index in [0.29, 0.717) is 18.5 Å². The summed E-state index contributed by atoms with van der Waals surface area (Å²) in [6.45, 7) is 0.605. The van der Waals surface area contributed by atoms with E-state index < -0.39 is 5.82 Å². The number of aryl methyl sites for hydroxylation is 1. The molecule has 1 aromatic rings. The first-order valence-electron chi connectivity index (χ1n) is 4.52. The minimum Gasteiger partial charge on any atom is -0.506 e. The molecule has 78 valence electrons. The Bertz CT molecular complexity index is 317. The first kappa shape index (κ1) is 11.3. The molecular weight excluding hydrogens is 205 g/mol. The van der Waals surface area contributed by atoms with Crippen LogP contribution in [0.3, 0.4) is 0 Å². The van der Waals surface area contributed by atoms with Crippen molar-refractivity contribution >= 4 is 11.6 Å². The number of unbranched alkanes of at least 4 members (excludes halogenated alkanes) is 1. The molecule has 0 aliphatic heterocycles. The van der Waals surface area contributed by atoms with Crippen molar-refractivity contribution in [2.24, 2.45) is 5.73 Å². The Morgan fingerprint density at radius 3 is 2.71 bits per heavy atom. The maximum Gasteiger partial charge on any atom is 0.137 e. The fraction of sp³-hybridized carbons (Fsp3) is 0.400. The zero-order valence-electron chi connectivity index (χ0n) is 7.76. The van der Waals surface area contributed by atoms with Gasteiger partial charge in [0.1, 0.15) is 11.6 Å². The van der Waals surface area contributed by atoms with E-state index in [9.17, 15) is 4.39 Å². The summed E-state index contributed by atoms with van der Waals surface area (Å²) in [5.74, 6) is -0.629. The van der Waals surface area contributed by atoms with E-state index in [-0.39, 0.29) is 10.8 Å². The summed E-state index contributed by atoms with van der Waals surface area (Å²) in [6, 6.07) is 2.50. The number of phenols is 1. The Kier molecular flexibility index (Phi) is 4.17. The van der Waals surface area contributed by atoms with Crippen molar-refractivity contribution < 1.29 is 9.50 Å². The smallest absolute Gasteiger partial charge is 0.137 e. The van der Waals surface area contributed by atoms with Crippen molar-refractivity contribution in [3.63, 3.8) is 0 Å². The Balaban J connectivity index is 2.72. The lowest BCUT2D eigenvalue weighted by atomic mass is 10.1. The first-order chi connectivity index (χ1) is 6.65. The summed E-state index contributed by atoms with van der Waals surface area (Å²) in [5, 5.41) is 9.29. The predicted molar refractivity (Wildman–Crippen MR) is 55.1 cm³/mol. The summed E-state index contributed by atoms with van der Waals surface area (Å²) in [6.07, 6.45) is 2.29. The van der Waals surface area contributed by atoms with Crippen LogP contribution in [0.4, 0.5) is 4.39 Å². The average Bonchev–Trinajstić information content (AvgIpc) is 2.14. The number of hydrogen-bond acceptors (Lipinski definition) is 2. The van der Waals surface area contributed by atoms with Gasteiger partial charge in [0.05, 0.1) is 5.02 Å². The summed E-state index contributed by atoms with van der Waals surface area (Å²) in [5.41, 5.74) is 5.85. The standard InChI is InChI=1S/C10H13ClFNO/c11-8-5-7(3-1-2-4-13)9(12)6-10(8)14/h5-6,14H,1-4,13H2. The quantitative estimate of drug-likeness (QED) is 0.762. The van der Waals surface area contributed by atoms with Gasteiger partial charge in [-0.3, -0.25) is 0 Å². The van der Waals surface area contributed by atoms with Crippen LogP contribution in [0.1, 0.15) is 18.4 Å². The molecule has 0 radical (unpaired) electrons. The molecule has 0 amide bonds. The van der Waals surface area contributed by atoms with E-state index in [1.54, 1.807) is 0 Å². The third kappa shape index (κ3) is 2.86. The van der Waals surface area contributed by atoms with Crippen LogP contribution < -0.4 is 5.73 Å². The van der Waals surface area contributed by atoms with E-state index in [0.717, 1.165) is 18.9 Å². The van der Waals surface area contributed by atoms with Gasteiger partial charge in [-0.05, 0) is 37.4 Å². The van der Waals surface area contributed by atoms with Gasteiger partial charge in [-0.25, -0.2) is 4.39 Å². The fourth-order valence-electron chi connectivity index (χ4n) is 1.23. The molecule has 0 atom stereocenters. The molecule has 1 rings (SSSR count). The van der Waals surface area contributed by atoms with Crippen molar-refractivity contribution in [2.45, 2.75) is 19.3 Å². The van der Waals surface area contributed by atoms with Crippen molar-refractivity contribution in [1.29, 1.82) is 0 Å². The normalized spacial score (nSPS) is 10.5. The minimum atomic E-state index is -0.413. The molecule has 0 heterocycles. The molecule has 0 bridgehead atoms. The summed E-state index contributed by atoms with van der Waals surface area (Å²) in [4.78, 5) is 0. The van der Waals surface area contributed by atoms with Gasteiger partial charge in [0.25, 0.3) is 0 Å². The van der Waals surface area contributed by atoms with E-state index in [1.165, 1.54) is 6.07 Å². The molecular formula is C10H13ClFNO. The van der Waals surface area contributed by atoms with Crippen LogP contribution in [-0.4, -0.2) is 11.7 Å². The van der Waals surface area contributed by atoms with Crippen LogP contribution in [0, 0.1) is 5.82 Å².